The quantitative estimate of drug-likeness (QED) is 0.224. The molecule has 3 heterocycles. The number of amides is 1. The largest absolute Gasteiger partial charge is 0.417 e. The number of hydrogen-bond acceptors (Lipinski definition) is 7. The maximum atomic E-state index is 14.8. The third-order valence-electron chi connectivity index (χ3n) is 7.51. The van der Waals surface area contributed by atoms with Crippen LogP contribution in [-0.4, -0.2) is 71.3 Å². The monoisotopic (exact) mass is 606 g/mol. The summed E-state index contributed by atoms with van der Waals surface area (Å²) < 4.78 is 70.3. The summed E-state index contributed by atoms with van der Waals surface area (Å²) in [5.74, 6) is -0.482. The maximum absolute atomic E-state index is 14.8. The molecule has 1 saturated heterocycles. The highest BCUT2D eigenvalue weighted by molar-refractivity contribution is 7.99. The number of aromatic nitrogens is 2. The highest BCUT2D eigenvalue weighted by Crippen LogP contribution is 2.48. The molecule has 0 bridgehead atoms. The number of alkyl halides is 3. The normalized spacial score (nSPS) is 21.0. The number of ether oxygens (including phenoxy) is 2. The summed E-state index contributed by atoms with van der Waals surface area (Å²) in [7, 11) is 1.45. The van der Waals surface area contributed by atoms with Gasteiger partial charge in [0.25, 0.3) is 0 Å². The second-order valence-electron chi connectivity index (χ2n) is 10.4. The molecule has 224 valence electrons. The van der Waals surface area contributed by atoms with E-state index in [1.54, 1.807) is 9.80 Å². The number of methoxy groups -OCH3 is 1. The van der Waals surface area contributed by atoms with Crippen LogP contribution in [0.25, 0.3) is 22.0 Å². The van der Waals surface area contributed by atoms with Gasteiger partial charge in [0.05, 0.1) is 23.7 Å². The van der Waals surface area contributed by atoms with Gasteiger partial charge in [0.2, 0.25) is 5.91 Å². The van der Waals surface area contributed by atoms with Crippen molar-refractivity contribution in [2.24, 2.45) is 0 Å². The van der Waals surface area contributed by atoms with Crippen LogP contribution < -0.4 is 10.6 Å². The standard InChI is InChI=1S/C29H30F4N4O4S/c1-5-23(38)37-16(2)11-35(12-17(37)3)27-21-10-22(29(31,32)33)24(18-6-8-19(30)9-7-18)26-25(21)36(28(39)34-27)13-20(14-42-26)41-15-40-4/h5-10,16-17,20H,1,11-15H2,2-4H3/t16-,17+,20-/m0/s1. The van der Waals surface area contributed by atoms with Gasteiger partial charge in [0.1, 0.15) is 18.4 Å². The third kappa shape index (κ3) is 5.52. The Bertz CT molecular complexity index is 1570. The molecule has 5 rings (SSSR count). The predicted molar refractivity (Wildman–Crippen MR) is 152 cm³/mol. The van der Waals surface area contributed by atoms with Crippen LogP contribution >= 0.6 is 11.8 Å². The molecule has 2 aliphatic heterocycles. The summed E-state index contributed by atoms with van der Waals surface area (Å²) in [4.78, 5) is 34.1. The fourth-order valence-corrected chi connectivity index (χ4v) is 7.09. The lowest BCUT2D eigenvalue weighted by molar-refractivity contribution is -0.137. The van der Waals surface area contributed by atoms with E-state index >= 15 is 0 Å². The topological polar surface area (TPSA) is 76.9 Å². The lowest BCUT2D eigenvalue weighted by Crippen LogP contribution is -2.58. The molecular weight excluding hydrogens is 576 g/mol. The molecule has 0 spiro atoms. The number of rotatable bonds is 6. The molecule has 3 atom stereocenters. The van der Waals surface area contributed by atoms with Crippen LogP contribution in [0, 0.1) is 5.82 Å². The van der Waals surface area contributed by atoms with Crippen LogP contribution in [0.4, 0.5) is 23.4 Å². The molecule has 1 aromatic heterocycles. The molecule has 0 aliphatic carbocycles. The van der Waals surface area contributed by atoms with Gasteiger partial charge in [-0.05, 0) is 43.7 Å². The average molecular weight is 607 g/mol. The SMILES string of the molecule is C=CC(=O)N1[C@H](C)CN(c2nc(=O)n3c4c(c(-c5ccc(F)cc5)c(C(F)(F)F)cc24)SC[C@@H](OCOC)C3)C[C@@H]1C. The maximum Gasteiger partial charge on any atom is 0.417 e. The molecule has 42 heavy (non-hydrogen) atoms. The first-order chi connectivity index (χ1) is 19.9. The zero-order valence-corrected chi connectivity index (χ0v) is 24.1. The average Bonchev–Trinajstić information content (AvgIpc) is 3.13. The number of carbonyl (C=O) groups excluding carboxylic acids is 1. The summed E-state index contributed by atoms with van der Waals surface area (Å²) in [5.41, 5.74) is -1.23. The molecule has 0 radical (unpaired) electrons. The third-order valence-corrected chi connectivity index (χ3v) is 8.73. The van der Waals surface area contributed by atoms with Crippen LogP contribution in [0.5, 0.6) is 0 Å². The molecule has 13 heteroatoms. The van der Waals surface area contributed by atoms with Crippen LogP contribution in [0.15, 0.2) is 52.7 Å². The number of hydrogen-bond donors (Lipinski definition) is 0. The van der Waals surface area contributed by atoms with E-state index in [1.165, 1.54) is 29.9 Å². The van der Waals surface area contributed by atoms with Gasteiger partial charge in [0.15, 0.2) is 0 Å². The fraction of sp³-hybridized carbons (Fsp3) is 0.414. The van der Waals surface area contributed by atoms with Gasteiger partial charge in [0, 0.05) is 53.9 Å². The van der Waals surface area contributed by atoms with E-state index in [1.807, 2.05) is 13.8 Å². The minimum absolute atomic E-state index is 0.0502. The van der Waals surface area contributed by atoms with Gasteiger partial charge < -0.3 is 19.3 Å². The van der Waals surface area contributed by atoms with Gasteiger partial charge in [-0.2, -0.15) is 18.2 Å². The first-order valence-corrected chi connectivity index (χ1v) is 14.3. The minimum Gasteiger partial charge on any atom is -0.359 e. The molecule has 2 aliphatic rings. The van der Waals surface area contributed by atoms with Crippen molar-refractivity contribution in [3.05, 3.63) is 64.9 Å². The van der Waals surface area contributed by atoms with Gasteiger partial charge in [-0.1, -0.05) is 18.7 Å². The number of thioether (sulfide) groups is 1. The van der Waals surface area contributed by atoms with Crippen LogP contribution in [0.2, 0.25) is 0 Å². The molecule has 8 nitrogen and oxygen atoms in total. The fourth-order valence-electron chi connectivity index (χ4n) is 5.80. The zero-order chi connectivity index (χ0) is 30.3. The minimum atomic E-state index is -4.78. The van der Waals surface area contributed by atoms with E-state index in [0.717, 1.165) is 30.0 Å². The Morgan fingerprint density at radius 3 is 2.43 bits per heavy atom. The Balaban J connectivity index is 1.79. The highest BCUT2D eigenvalue weighted by Gasteiger charge is 2.39. The molecule has 0 saturated carbocycles. The second kappa shape index (κ2) is 11.7. The highest BCUT2D eigenvalue weighted by atomic mass is 32.2. The van der Waals surface area contributed by atoms with E-state index in [2.05, 4.69) is 11.6 Å². The summed E-state index contributed by atoms with van der Waals surface area (Å²) in [6.07, 6.45) is -4.11. The summed E-state index contributed by atoms with van der Waals surface area (Å²) in [5, 5.41) is 0.158. The first kappa shape index (κ1) is 30.1. The van der Waals surface area contributed by atoms with Crippen molar-refractivity contribution in [3.8, 4) is 11.1 Å². The van der Waals surface area contributed by atoms with Gasteiger partial charge in [-0.15, -0.1) is 11.8 Å². The molecule has 0 unspecified atom stereocenters. The van der Waals surface area contributed by atoms with Crippen molar-refractivity contribution in [2.45, 2.75) is 49.7 Å². The van der Waals surface area contributed by atoms with Crippen molar-refractivity contribution >= 4 is 34.4 Å². The smallest absolute Gasteiger partial charge is 0.359 e. The van der Waals surface area contributed by atoms with Crippen LogP contribution in [0.3, 0.4) is 0 Å². The van der Waals surface area contributed by atoms with Gasteiger partial charge in [-0.25, -0.2) is 9.18 Å². The molecule has 1 amide bonds. The van der Waals surface area contributed by atoms with Crippen LogP contribution in [-0.2, 0) is 27.0 Å². The Kier molecular flexibility index (Phi) is 8.37. The number of piperazine rings is 1. The zero-order valence-electron chi connectivity index (χ0n) is 23.3. The molecule has 3 aromatic rings. The predicted octanol–water partition coefficient (Wildman–Crippen LogP) is 4.93. The summed E-state index contributed by atoms with van der Waals surface area (Å²) in [6, 6.07) is 5.20. The first-order valence-electron chi connectivity index (χ1n) is 13.3. The number of nitrogens with zero attached hydrogens (tertiary/aromatic N) is 4. The Labute approximate surface area is 243 Å². The van der Waals surface area contributed by atoms with Crippen LogP contribution in [0.1, 0.15) is 19.4 Å². The van der Waals surface area contributed by atoms with Crippen molar-refractivity contribution in [3.63, 3.8) is 0 Å². The van der Waals surface area contributed by atoms with Crippen molar-refractivity contribution in [1.82, 2.24) is 14.5 Å². The van der Waals surface area contributed by atoms with E-state index < -0.39 is 29.4 Å². The van der Waals surface area contributed by atoms with Crippen molar-refractivity contribution in [2.75, 3.05) is 37.6 Å². The number of benzene rings is 2. The Morgan fingerprint density at radius 2 is 1.83 bits per heavy atom. The van der Waals surface area contributed by atoms with E-state index in [-0.39, 0.29) is 77.4 Å². The van der Waals surface area contributed by atoms with E-state index in [4.69, 9.17) is 9.47 Å². The Hall–Kier alpha value is -3.42. The van der Waals surface area contributed by atoms with E-state index in [0.29, 0.717) is 5.52 Å². The second-order valence-corrected chi connectivity index (χ2v) is 11.4. The van der Waals surface area contributed by atoms with Gasteiger partial charge >= 0.3 is 11.9 Å². The molecule has 2 aromatic carbocycles. The Morgan fingerprint density at radius 1 is 1.17 bits per heavy atom. The van der Waals surface area contributed by atoms with E-state index in [9.17, 15) is 27.2 Å². The number of halogens is 4. The molecule has 0 N–H and O–H groups in total. The van der Waals surface area contributed by atoms with Gasteiger partial charge in [-0.3, -0.25) is 9.36 Å². The lowest BCUT2D eigenvalue weighted by Gasteiger charge is -2.44. The number of carbonyl (C=O) groups is 1. The van der Waals surface area contributed by atoms with Crippen molar-refractivity contribution < 1.29 is 31.8 Å². The lowest BCUT2D eigenvalue weighted by atomic mass is 9.96. The summed E-state index contributed by atoms with van der Waals surface area (Å²) >= 11 is 1.14. The molecular formula is C29H30F4N4O4S. The van der Waals surface area contributed by atoms with Crippen molar-refractivity contribution in [1.29, 1.82) is 0 Å². The number of anilines is 1. The summed E-state index contributed by atoms with van der Waals surface area (Å²) in [6.45, 7) is 7.71. The molecule has 1 fully saturated rings.